The van der Waals surface area contributed by atoms with Gasteiger partial charge in [0.1, 0.15) is 0 Å². The summed E-state index contributed by atoms with van der Waals surface area (Å²) in [5, 5.41) is 3.92. The maximum atomic E-state index is 5.76. The van der Waals surface area contributed by atoms with Gasteiger partial charge in [0.25, 0.3) is 0 Å². The molecule has 0 fully saturated rings. The van der Waals surface area contributed by atoms with Crippen LogP contribution in [0.5, 0.6) is 0 Å². The third-order valence-corrected chi connectivity index (χ3v) is 2.03. The molecule has 0 bridgehead atoms. The summed E-state index contributed by atoms with van der Waals surface area (Å²) in [4.78, 5) is 0. The summed E-state index contributed by atoms with van der Waals surface area (Å²) in [5.41, 5.74) is 1.08. The lowest BCUT2D eigenvalue weighted by molar-refractivity contribution is 0.665. The minimum atomic E-state index is -0.0118. The number of halogens is 1. The molecule has 0 saturated heterocycles. The average molecular weight is 194 g/mol. The van der Waals surface area contributed by atoms with E-state index in [9.17, 15) is 0 Å². The number of rotatable bonds is 3. The lowest BCUT2D eigenvalue weighted by Crippen LogP contribution is -2.18. The molecule has 0 saturated carbocycles. The third-order valence-electron chi connectivity index (χ3n) is 1.78. The predicted molar refractivity (Wildman–Crippen MR) is 56.7 cm³/mol. The Labute approximate surface area is 84.1 Å². The molecule has 0 aliphatic rings. The fourth-order valence-electron chi connectivity index (χ4n) is 1.13. The number of hydrogen-bond donors (Lipinski definition) is 1. The number of nitrogens with one attached hydrogen (secondary N) is 1. The van der Waals surface area contributed by atoms with Crippen LogP contribution in [0.3, 0.4) is 0 Å². The number of hydrogen-bond acceptors (Lipinski definition) is 1. The zero-order valence-electron chi connectivity index (χ0n) is 7.55. The van der Waals surface area contributed by atoms with Gasteiger partial charge in [-0.05, 0) is 24.2 Å². The predicted octanol–water partition coefficient (Wildman–Crippen LogP) is 2.62. The van der Waals surface area contributed by atoms with Gasteiger partial charge in [0.05, 0.1) is 6.04 Å². The topological polar surface area (TPSA) is 12.0 Å². The number of benzene rings is 1. The minimum absolute atomic E-state index is 0.0118. The first kappa shape index (κ1) is 10.1. The number of terminal acetylenes is 1. The van der Waals surface area contributed by atoms with Crippen molar-refractivity contribution in [1.82, 2.24) is 5.32 Å². The molecule has 13 heavy (non-hydrogen) atoms. The largest absolute Gasteiger partial charge is 0.300 e. The van der Waals surface area contributed by atoms with Crippen molar-refractivity contribution in [2.24, 2.45) is 0 Å². The second-order valence-corrected chi connectivity index (χ2v) is 3.15. The second kappa shape index (κ2) is 4.91. The van der Waals surface area contributed by atoms with E-state index >= 15 is 0 Å². The van der Waals surface area contributed by atoms with Crippen molar-refractivity contribution in [3.05, 3.63) is 34.9 Å². The van der Waals surface area contributed by atoms with E-state index < -0.39 is 0 Å². The van der Waals surface area contributed by atoms with Crippen LogP contribution in [0.1, 0.15) is 18.5 Å². The monoisotopic (exact) mass is 193 g/mol. The van der Waals surface area contributed by atoms with E-state index in [-0.39, 0.29) is 6.04 Å². The van der Waals surface area contributed by atoms with Gasteiger partial charge < -0.3 is 5.32 Å². The smallest absolute Gasteiger partial charge is 0.0943 e. The van der Waals surface area contributed by atoms with Crippen molar-refractivity contribution in [2.75, 3.05) is 6.54 Å². The first-order valence-electron chi connectivity index (χ1n) is 4.23. The van der Waals surface area contributed by atoms with Gasteiger partial charge >= 0.3 is 0 Å². The summed E-state index contributed by atoms with van der Waals surface area (Å²) in [6, 6.07) is 7.56. The Morgan fingerprint density at radius 2 is 2.08 bits per heavy atom. The van der Waals surface area contributed by atoms with Gasteiger partial charge in [-0.15, -0.1) is 6.42 Å². The van der Waals surface area contributed by atoms with Gasteiger partial charge in [-0.1, -0.05) is 36.6 Å². The van der Waals surface area contributed by atoms with Gasteiger partial charge in [-0.3, -0.25) is 0 Å². The van der Waals surface area contributed by atoms with Crippen molar-refractivity contribution in [2.45, 2.75) is 13.0 Å². The van der Waals surface area contributed by atoms with Crippen molar-refractivity contribution in [3.63, 3.8) is 0 Å². The highest BCUT2D eigenvalue weighted by Gasteiger charge is 2.04. The van der Waals surface area contributed by atoms with E-state index in [4.69, 9.17) is 18.0 Å². The molecule has 0 aliphatic carbocycles. The molecule has 1 N–H and O–H groups in total. The van der Waals surface area contributed by atoms with E-state index in [0.717, 1.165) is 17.1 Å². The molecular weight excluding hydrogens is 182 g/mol. The molecule has 68 valence electrons. The maximum absolute atomic E-state index is 5.76. The van der Waals surface area contributed by atoms with Crippen LogP contribution < -0.4 is 5.32 Å². The fourth-order valence-corrected chi connectivity index (χ4v) is 1.26. The zero-order valence-corrected chi connectivity index (χ0v) is 8.31. The molecule has 1 nitrogen and oxygen atoms in total. The Morgan fingerprint density at radius 1 is 1.46 bits per heavy atom. The van der Waals surface area contributed by atoms with Crippen LogP contribution in [-0.4, -0.2) is 6.54 Å². The van der Waals surface area contributed by atoms with Crippen molar-refractivity contribution in [3.8, 4) is 12.3 Å². The van der Waals surface area contributed by atoms with Crippen LogP contribution in [-0.2, 0) is 0 Å². The van der Waals surface area contributed by atoms with Crippen LogP contribution in [0.25, 0.3) is 0 Å². The van der Waals surface area contributed by atoms with Gasteiger partial charge in [0.15, 0.2) is 0 Å². The molecule has 1 aromatic rings. The quantitative estimate of drug-likeness (QED) is 0.728. The molecule has 1 rings (SSSR count). The molecule has 0 aromatic heterocycles. The lowest BCUT2D eigenvalue weighted by Gasteiger charge is -2.11. The molecular formula is C11H12ClN. The average Bonchev–Trinajstić information content (AvgIpc) is 2.16. The first-order chi connectivity index (χ1) is 6.27. The van der Waals surface area contributed by atoms with Crippen LogP contribution >= 0.6 is 11.6 Å². The fraction of sp³-hybridized carbons (Fsp3) is 0.273. The Kier molecular flexibility index (Phi) is 3.82. The summed E-state index contributed by atoms with van der Waals surface area (Å²) in [6.07, 6.45) is 5.38. The summed E-state index contributed by atoms with van der Waals surface area (Å²) in [6.45, 7) is 2.89. The molecule has 1 unspecified atom stereocenters. The normalized spacial score (nSPS) is 12.1. The van der Waals surface area contributed by atoms with Gasteiger partial charge in [0.2, 0.25) is 0 Å². The molecule has 0 aliphatic heterocycles. The summed E-state index contributed by atoms with van der Waals surface area (Å²) in [5.74, 6) is 2.68. The van der Waals surface area contributed by atoms with Crippen LogP contribution in [0, 0.1) is 12.3 Å². The van der Waals surface area contributed by atoms with Crippen molar-refractivity contribution >= 4 is 11.6 Å². The Morgan fingerprint density at radius 3 is 2.54 bits per heavy atom. The maximum Gasteiger partial charge on any atom is 0.0943 e. The van der Waals surface area contributed by atoms with E-state index in [1.807, 2.05) is 31.2 Å². The summed E-state index contributed by atoms with van der Waals surface area (Å²) in [7, 11) is 0. The zero-order chi connectivity index (χ0) is 9.68. The lowest BCUT2D eigenvalue weighted by atomic mass is 10.1. The van der Waals surface area contributed by atoms with Crippen LogP contribution in [0.4, 0.5) is 0 Å². The van der Waals surface area contributed by atoms with Crippen molar-refractivity contribution < 1.29 is 0 Å². The van der Waals surface area contributed by atoms with E-state index in [1.54, 1.807) is 0 Å². The first-order valence-corrected chi connectivity index (χ1v) is 4.60. The molecule has 1 aromatic carbocycles. The molecule has 0 spiro atoms. The van der Waals surface area contributed by atoms with Gasteiger partial charge in [-0.25, -0.2) is 0 Å². The van der Waals surface area contributed by atoms with Crippen LogP contribution in [0.15, 0.2) is 24.3 Å². The highest BCUT2D eigenvalue weighted by atomic mass is 35.5. The Balaban J connectivity index is 2.81. The van der Waals surface area contributed by atoms with E-state index in [2.05, 4.69) is 11.2 Å². The van der Waals surface area contributed by atoms with Crippen molar-refractivity contribution in [1.29, 1.82) is 0 Å². The summed E-state index contributed by atoms with van der Waals surface area (Å²) >= 11 is 5.76. The Bertz CT molecular complexity index is 297. The SMILES string of the molecule is C#CC(NCC)c1ccc(Cl)cc1. The molecule has 0 amide bonds. The Hall–Kier alpha value is -0.970. The molecule has 0 heterocycles. The minimum Gasteiger partial charge on any atom is -0.300 e. The molecule has 2 heteroatoms. The molecule has 1 atom stereocenters. The van der Waals surface area contributed by atoms with Gasteiger partial charge in [-0.2, -0.15) is 0 Å². The van der Waals surface area contributed by atoms with E-state index in [0.29, 0.717) is 0 Å². The van der Waals surface area contributed by atoms with E-state index in [1.165, 1.54) is 0 Å². The summed E-state index contributed by atoms with van der Waals surface area (Å²) < 4.78 is 0. The third kappa shape index (κ3) is 2.77. The highest BCUT2D eigenvalue weighted by Crippen LogP contribution is 2.15. The van der Waals surface area contributed by atoms with Crippen LogP contribution in [0.2, 0.25) is 5.02 Å². The molecule has 0 radical (unpaired) electrons. The second-order valence-electron chi connectivity index (χ2n) is 2.71. The highest BCUT2D eigenvalue weighted by molar-refractivity contribution is 6.30. The van der Waals surface area contributed by atoms with Gasteiger partial charge in [0, 0.05) is 5.02 Å². The standard InChI is InChI=1S/C11H12ClN/c1-3-11(13-4-2)9-5-7-10(12)8-6-9/h1,5-8,11,13H,4H2,2H3.